The number of carbonyl (C=O) groups excluding carboxylic acids is 2. The Bertz CT molecular complexity index is 471. The lowest BCUT2D eigenvalue weighted by Gasteiger charge is -2.41. The Labute approximate surface area is 111 Å². The Morgan fingerprint density at radius 3 is 3.16 bits per heavy atom. The first-order chi connectivity index (χ1) is 9.22. The molecule has 0 radical (unpaired) electrons. The zero-order valence-electron chi connectivity index (χ0n) is 10.8. The van der Waals surface area contributed by atoms with E-state index in [1.165, 1.54) is 0 Å². The molecule has 0 saturated carbocycles. The van der Waals surface area contributed by atoms with Gasteiger partial charge in [0.25, 0.3) is 0 Å². The predicted molar refractivity (Wildman–Crippen MR) is 68.1 cm³/mol. The van der Waals surface area contributed by atoms with E-state index in [-0.39, 0.29) is 17.9 Å². The first-order valence-electron chi connectivity index (χ1n) is 6.77. The molecule has 2 saturated heterocycles. The first kappa shape index (κ1) is 12.2. The van der Waals surface area contributed by atoms with E-state index in [1.807, 2.05) is 11.0 Å². The molecule has 0 bridgehead atoms. The molecule has 6 nitrogen and oxygen atoms in total. The number of aromatic nitrogens is 2. The van der Waals surface area contributed by atoms with E-state index < -0.39 is 0 Å². The third-order valence-electron chi connectivity index (χ3n) is 4.03. The topological polar surface area (TPSA) is 67.2 Å². The largest absolute Gasteiger partial charge is 0.353 e. The molecule has 19 heavy (non-hydrogen) atoms. The molecule has 2 atom stereocenters. The molecule has 2 aliphatic heterocycles. The molecular formula is C13H18N4O2. The Hall–Kier alpha value is -1.85. The van der Waals surface area contributed by atoms with Crippen molar-refractivity contribution >= 4 is 11.8 Å². The maximum atomic E-state index is 12.2. The van der Waals surface area contributed by atoms with Gasteiger partial charge in [-0.05, 0) is 24.8 Å². The summed E-state index contributed by atoms with van der Waals surface area (Å²) >= 11 is 0. The first-order valence-corrected chi connectivity index (χ1v) is 6.77. The van der Waals surface area contributed by atoms with Crippen molar-refractivity contribution in [1.29, 1.82) is 0 Å². The zero-order chi connectivity index (χ0) is 13.2. The minimum atomic E-state index is 0.110. The van der Waals surface area contributed by atoms with Gasteiger partial charge in [0, 0.05) is 37.9 Å². The Balaban J connectivity index is 1.58. The molecule has 102 valence electrons. The fourth-order valence-electron chi connectivity index (χ4n) is 2.97. The Morgan fingerprint density at radius 1 is 1.47 bits per heavy atom. The molecule has 2 amide bonds. The van der Waals surface area contributed by atoms with Crippen molar-refractivity contribution < 1.29 is 9.59 Å². The van der Waals surface area contributed by atoms with Crippen molar-refractivity contribution in [2.45, 2.75) is 31.8 Å². The number of amides is 2. The monoisotopic (exact) mass is 262 g/mol. The number of fused-ring (bicyclic) bond motifs is 1. The van der Waals surface area contributed by atoms with Crippen LogP contribution in [-0.2, 0) is 16.1 Å². The molecular weight excluding hydrogens is 244 g/mol. The summed E-state index contributed by atoms with van der Waals surface area (Å²) < 4.78 is 1.65. The molecule has 0 aliphatic carbocycles. The van der Waals surface area contributed by atoms with Gasteiger partial charge in [-0.3, -0.25) is 14.3 Å². The quantitative estimate of drug-likeness (QED) is 0.816. The lowest BCUT2D eigenvalue weighted by Crippen LogP contribution is -2.55. The fourth-order valence-corrected chi connectivity index (χ4v) is 2.97. The van der Waals surface area contributed by atoms with Crippen LogP contribution in [0.4, 0.5) is 0 Å². The van der Waals surface area contributed by atoms with E-state index in [0.717, 1.165) is 25.9 Å². The summed E-state index contributed by atoms with van der Waals surface area (Å²) in [5.41, 5.74) is 0. The molecule has 2 aliphatic rings. The molecule has 1 aromatic heterocycles. The van der Waals surface area contributed by atoms with E-state index in [0.29, 0.717) is 18.9 Å². The molecule has 2 fully saturated rings. The average Bonchev–Trinajstić information content (AvgIpc) is 2.91. The summed E-state index contributed by atoms with van der Waals surface area (Å²) in [6.07, 6.45) is 5.81. The second kappa shape index (κ2) is 5.03. The second-order valence-corrected chi connectivity index (χ2v) is 5.30. The van der Waals surface area contributed by atoms with E-state index in [4.69, 9.17) is 0 Å². The number of nitrogens with zero attached hydrogens (tertiary/aromatic N) is 3. The number of likely N-dealkylation sites (tertiary alicyclic amines) is 1. The summed E-state index contributed by atoms with van der Waals surface area (Å²) in [5.74, 6) is 0.671. The number of rotatable bonds is 2. The fraction of sp³-hybridized carbons (Fsp3) is 0.615. The van der Waals surface area contributed by atoms with Crippen molar-refractivity contribution in [3.8, 4) is 0 Å². The zero-order valence-corrected chi connectivity index (χ0v) is 10.8. The van der Waals surface area contributed by atoms with Gasteiger partial charge < -0.3 is 10.2 Å². The third kappa shape index (κ3) is 2.62. The lowest BCUT2D eigenvalue weighted by atomic mass is 9.85. The normalized spacial score (nSPS) is 26.7. The van der Waals surface area contributed by atoms with Crippen LogP contribution in [0, 0.1) is 5.92 Å². The molecule has 3 rings (SSSR count). The molecule has 1 N–H and O–H groups in total. The van der Waals surface area contributed by atoms with Gasteiger partial charge in [-0.15, -0.1) is 0 Å². The number of nitrogens with one attached hydrogen (secondary N) is 1. The highest BCUT2D eigenvalue weighted by Crippen LogP contribution is 2.25. The van der Waals surface area contributed by atoms with Gasteiger partial charge in [0.05, 0.1) is 0 Å². The molecule has 0 spiro atoms. The van der Waals surface area contributed by atoms with E-state index >= 15 is 0 Å². The Kier molecular flexibility index (Phi) is 3.23. The van der Waals surface area contributed by atoms with Crippen molar-refractivity contribution in [2.75, 3.05) is 13.1 Å². The molecule has 2 unspecified atom stereocenters. The van der Waals surface area contributed by atoms with Crippen LogP contribution in [0.1, 0.15) is 19.3 Å². The minimum Gasteiger partial charge on any atom is -0.353 e. The summed E-state index contributed by atoms with van der Waals surface area (Å²) in [5, 5.41) is 7.08. The van der Waals surface area contributed by atoms with Crippen molar-refractivity contribution in [3.05, 3.63) is 18.5 Å². The lowest BCUT2D eigenvalue weighted by molar-refractivity contribution is -0.135. The van der Waals surface area contributed by atoms with E-state index in [1.54, 1.807) is 17.1 Å². The SMILES string of the molecule is O=C1CCC2CN(C(=O)Cn3cccn3)CCC2N1. The summed E-state index contributed by atoms with van der Waals surface area (Å²) in [7, 11) is 0. The van der Waals surface area contributed by atoms with Gasteiger partial charge in [-0.1, -0.05) is 0 Å². The maximum Gasteiger partial charge on any atom is 0.244 e. The van der Waals surface area contributed by atoms with Gasteiger partial charge in [-0.2, -0.15) is 5.10 Å². The van der Waals surface area contributed by atoms with Crippen molar-refractivity contribution in [3.63, 3.8) is 0 Å². The van der Waals surface area contributed by atoms with Crippen LogP contribution in [0.15, 0.2) is 18.5 Å². The van der Waals surface area contributed by atoms with Crippen LogP contribution in [0.25, 0.3) is 0 Å². The highest BCUT2D eigenvalue weighted by atomic mass is 16.2. The van der Waals surface area contributed by atoms with Gasteiger partial charge in [0.2, 0.25) is 11.8 Å². The highest BCUT2D eigenvalue weighted by Gasteiger charge is 2.35. The highest BCUT2D eigenvalue weighted by molar-refractivity contribution is 5.78. The molecule has 3 heterocycles. The number of hydrogen-bond donors (Lipinski definition) is 1. The van der Waals surface area contributed by atoms with Gasteiger partial charge in [-0.25, -0.2) is 0 Å². The van der Waals surface area contributed by atoms with Crippen LogP contribution in [-0.4, -0.2) is 45.6 Å². The van der Waals surface area contributed by atoms with Crippen LogP contribution in [0.2, 0.25) is 0 Å². The van der Waals surface area contributed by atoms with Crippen LogP contribution >= 0.6 is 0 Å². The standard InChI is InChI=1S/C13H18N4O2/c18-12-3-2-10-8-16(7-4-11(10)15-12)13(19)9-17-6-1-5-14-17/h1,5-6,10-11H,2-4,7-9H2,(H,15,18). The average molecular weight is 262 g/mol. The second-order valence-electron chi connectivity index (χ2n) is 5.30. The smallest absolute Gasteiger partial charge is 0.244 e. The third-order valence-corrected chi connectivity index (χ3v) is 4.03. The van der Waals surface area contributed by atoms with Crippen LogP contribution < -0.4 is 5.32 Å². The number of hydrogen-bond acceptors (Lipinski definition) is 3. The number of piperidine rings is 2. The van der Waals surface area contributed by atoms with Crippen LogP contribution in [0.3, 0.4) is 0 Å². The molecule has 1 aromatic rings. The van der Waals surface area contributed by atoms with E-state index in [2.05, 4.69) is 10.4 Å². The maximum absolute atomic E-state index is 12.2. The van der Waals surface area contributed by atoms with Gasteiger partial charge in [0.1, 0.15) is 6.54 Å². The predicted octanol–water partition coefficient (Wildman–Crippen LogP) is 0.0102. The molecule has 6 heteroatoms. The molecule has 0 aromatic carbocycles. The number of carbonyl (C=O) groups is 2. The summed E-state index contributed by atoms with van der Waals surface area (Å²) in [6.45, 7) is 1.78. The van der Waals surface area contributed by atoms with Crippen molar-refractivity contribution in [2.24, 2.45) is 5.92 Å². The van der Waals surface area contributed by atoms with Gasteiger partial charge in [0.15, 0.2) is 0 Å². The Morgan fingerprint density at radius 2 is 2.37 bits per heavy atom. The van der Waals surface area contributed by atoms with Crippen molar-refractivity contribution in [1.82, 2.24) is 20.0 Å². The van der Waals surface area contributed by atoms with Gasteiger partial charge >= 0.3 is 0 Å². The van der Waals surface area contributed by atoms with E-state index in [9.17, 15) is 9.59 Å². The minimum absolute atomic E-state index is 0.110. The van der Waals surface area contributed by atoms with Crippen LogP contribution in [0.5, 0.6) is 0 Å². The summed E-state index contributed by atoms with van der Waals surface area (Å²) in [6, 6.07) is 2.07. The summed E-state index contributed by atoms with van der Waals surface area (Å²) in [4.78, 5) is 25.4.